The van der Waals surface area contributed by atoms with Gasteiger partial charge in [-0.15, -0.1) is 0 Å². The normalized spacial score (nSPS) is 14.4. The second kappa shape index (κ2) is 5.16. The first-order chi connectivity index (χ1) is 5.07. The fraction of sp³-hybridized carbons (Fsp3) is 0.571. The lowest BCUT2D eigenvalue weighted by molar-refractivity contribution is -0.137. The van der Waals surface area contributed by atoms with E-state index in [1.54, 1.807) is 13.8 Å². The lowest BCUT2D eigenvalue weighted by atomic mass is 10.3. The molecule has 0 bridgehead atoms. The van der Waals surface area contributed by atoms with Gasteiger partial charge in [0.15, 0.2) is 0 Å². The molecule has 0 saturated heterocycles. The van der Waals surface area contributed by atoms with Crippen LogP contribution in [0.15, 0.2) is 11.1 Å². The minimum atomic E-state index is -0.522. The second-order valence-electron chi connectivity index (χ2n) is 2.09. The molecule has 0 fully saturated rings. The van der Waals surface area contributed by atoms with Crippen molar-refractivity contribution in [1.82, 2.24) is 0 Å². The summed E-state index contributed by atoms with van der Waals surface area (Å²) >= 11 is 5.51. The van der Waals surface area contributed by atoms with Crippen LogP contribution in [0.3, 0.4) is 0 Å². The highest BCUT2D eigenvalue weighted by molar-refractivity contribution is 6.41. The standard InChI is InChI=1S/C7H12ClNO2/c1-3-11-7(10)6(8)4-5(2)9/h4-5H,3,9H2,1-2H3/b6-4+/t5-/m0/s1. The van der Waals surface area contributed by atoms with Crippen molar-refractivity contribution in [2.75, 3.05) is 6.61 Å². The molecule has 0 rings (SSSR count). The van der Waals surface area contributed by atoms with Gasteiger partial charge in [-0.05, 0) is 19.9 Å². The average Bonchev–Trinajstić information content (AvgIpc) is 1.86. The summed E-state index contributed by atoms with van der Waals surface area (Å²) in [6.45, 7) is 3.76. The van der Waals surface area contributed by atoms with Gasteiger partial charge < -0.3 is 10.5 Å². The quantitative estimate of drug-likeness (QED) is 0.517. The molecule has 0 aliphatic carbocycles. The van der Waals surface area contributed by atoms with Gasteiger partial charge in [-0.1, -0.05) is 11.6 Å². The van der Waals surface area contributed by atoms with E-state index in [2.05, 4.69) is 4.74 Å². The Balaban J connectivity index is 4.01. The Labute approximate surface area is 71.2 Å². The molecule has 0 aromatic rings. The van der Waals surface area contributed by atoms with Crippen molar-refractivity contribution < 1.29 is 9.53 Å². The molecule has 0 spiro atoms. The molecular formula is C7H12ClNO2. The number of nitrogens with two attached hydrogens (primary N) is 1. The fourth-order valence-corrected chi connectivity index (χ4v) is 0.752. The highest BCUT2D eigenvalue weighted by Gasteiger charge is 2.06. The van der Waals surface area contributed by atoms with Gasteiger partial charge in [0.05, 0.1) is 6.61 Å². The van der Waals surface area contributed by atoms with Crippen molar-refractivity contribution >= 4 is 17.6 Å². The zero-order valence-corrected chi connectivity index (χ0v) is 7.39. The van der Waals surface area contributed by atoms with Crippen LogP contribution in [0.1, 0.15) is 13.8 Å². The first-order valence-corrected chi connectivity index (χ1v) is 3.75. The summed E-state index contributed by atoms with van der Waals surface area (Å²) in [6.07, 6.45) is 1.44. The molecular weight excluding hydrogens is 166 g/mol. The Morgan fingerprint density at radius 3 is 2.73 bits per heavy atom. The van der Waals surface area contributed by atoms with Gasteiger partial charge in [0.1, 0.15) is 5.03 Å². The van der Waals surface area contributed by atoms with Crippen LogP contribution in [-0.2, 0) is 9.53 Å². The molecule has 0 amide bonds. The van der Waals surface area contributed by atoms with Crippen molar-refractivity contribution in [3.05, 3.63) is 11.1 Å². The molecule has 1 atom stereocenters. The van der Waals surface area contributed by atoms with Crippen LogP contribution < -0.4 is 5.73 Å². The van der Waals surface area contributed by atoms with Crippen molar-refractivity contribution in [3.63, 3.8) is 0 Å². The van der Waals surface area contributed by atoms with Crippen LogP contribution >= 0.6 is 11.6 Å². The molecule has 64 valence electrons. The monoisotopic (exact) mass is 177 g/mol. The summed E-state index contributed by atoms with van der Waals surface area (Å²) in [5, 5.41) is 0.0434. The zero-order valence-electron chi connectivity index (χ0n) is 6.63. The molecule has 3 nitrogen and oxygen atoms in total. The summed E-state index contributed by atoms with van der Waals surface area (Å²) in [5.41, 5.74) is 5.36. The minimum absolute atomic E-state index is 0.0434. The van der Waals surface area contributed by atoms with E-state index in [9.17, 15) is 4.79 Å². The molecule has 2 N–H and O–H groups in total. The molecule has 0 aromatic carbocycles. The van der Waals surface area contributed by atoms with Gasteiger partial charge in [0.2, 0.25) is 0 Å². The van der Waals surface area contributed by atoms with Gasteiger partial charge in [-0.2, -0.15) is 0 Å². The number of hydrogen-bond donors (Lipinski definition) is 1. The SMILES string of the molecule is CCOC(=O)/C(Cl)=C\[C@H](C)N. The summed E-state index contributed by atoms with van der Waals surface area (Å²) < 4.78 is 4.61. The first kappa shape index (κ1) is 10.5. The Morgan fingerprint density at radius 2 is 2.36 bits per heavy atom. The van der Waals surface area contributed by atoms with Crippen molar-refractivity contribution in [2.24, 2.45) is 5.73 Å². The molecule has 0 saturated carbocycles. The topological polar surface area (TPSA) is 52.3 Å². The molecule has 0 radical (unpaired) electrons. The van der Waals surface area contributed by atoms with Crippen LogP contribution in [0, 0.1) is 0 Å². The van der Waals surface area contributed by atoms with Gasteiger partial charge in [0.25, 0.3) is 0 Å². The fourth-order valence-electron chi connectivity index (χ4n) is 0.499. The Morgan fingerprint density at radius 1 is 1.82 bits per heavy atom. The zero-order chi connectivity index (χ0) is 8.85. The Kier molecular flexibility index (Phi) is 4.90. The van der Waals surface area contributed by atoms with E-state index < -0.39 is 5.97 Å². The van der Waals surface area contributed by atoms with Gasteiger partial charge >= 0.3 is 5.97 Å². The van der Waals surface area contributed by atoms with Crippen molar-refractivity contribution in [2.45, 2.75) is 19.9 Å². The van der Waals surface area contributed by atoms with Gasteiger partial charge in [0, 0.05) is 6.04 Å². The summed E-state index contributed by atoms with van der Waals surface area (Å²) in [6, 6.07) is -0.230. The highest BCUT2D eigenvalue weighted by atomic mass is 35.5. The molecule has 0 heterocycles. The van der Waals surface area contributed by atoms with E-state index in [0.29, 0.717) is 6.61 Å². The third-order valence-corrected chi connectivity index (χ3v) is 1.16. The summed E-state index contributed by atoms with van der Waals surface area (Å²) in [7, 11) is 0. The van der Waals surface area contributed by atoms with Gasteiger partial charge in [-0.25, -0.2) is 4.79 Å². The lowest BCUT2D eigenvalue weighted by Crippen LogP contribution is -2.13. The summed E-state index contributed by atoms with van der Waals surface area (Å²) in [5.74, 6) is -0.522. The Bertz CT molecular complexity index is 166. The van der Waals surface area contributed by atoms with Crippen LogP contribution in [0.25, 0.3) is 0 Å². The van der Waals surface area contributed by atoms with Crippen LogP contribution in [0.5, 0.6) is 0 Å². The predicted octanol–water partition coefficient (Wildman–Crippen LogP) is 1.02. The number of halogens is 1. The molecule has 0 aliphatic heterocycles. The third-order valence-electron chi connectivity index (χ3n) is 0.880. The molecule has 4 heteroatoms. The first-order valence-electron chi connectivity index (χ1n) is 3.38. The van der Waals surface area contributed by atoms with Crippen LogP contribution in [0.2, 0.25) is 0 Å². The minimum Gasteiger partial charge on any atom is -0.462 e. The van der Waals surface area contributed by atoms with Crippen LogP contribution in [0.4, 0.5) is 0 Å². The van der Waals surface area contributed by atoms with E-state index in [-0.39, 0.29) is 11.1 Å². The van der Waals surface area contributed by atoms with E-state index in [1.807, 2.05) is 0 Å². The smallest absolute Gasteiger partial charge is 0.349 e. The number of ether oxygens (including phenoxy) is 1. The highest BCUT2D eigenvalue weighted by Crippen LogP contribution is 2.04. The number of hydrogen-bond acceptors (Lipinski definition) is 3. The second-order valence-corrected chi connectivity index (χ2v) is 2.50. The van der Waals surface area contributed by atoms with Crippen molar-refractivity contribution in [3.8, 4) is 0 Å². The summed E-state index contributed by atoms with van der Waals surface area (Å²) in [4.78, 5) is 10.8. The van der Waals surface area contributed by atoms with E-state index in [4.69, 9.17) is 17.3 Å². The predicted molar refractivity (Wildman–Crippen MR) is 44.2 cm³/mol. The molecule has 0 aliphatic rings. The lowest BCUT2D eigenvalue weighted by Gasteiger charge is -2.00. The maximum atomic E-state index is 10.8. The molecule has 0 aromatic heterocycles. The van der Waals surface area contributed by atoms with E-state index in [1.165, 1.54) is 6.08 Å². The molecule has 0 unspecified atom stereocenters. The Hall–Kier alpha value is -0.540. The van der Waals surface area contributed by atoms with Crippen LogP contribution in [-0.4, -0.2) is 18.6 Å². The largest absolute Gasteiger partial charge is 0.462 e. The number of esters is 1. The van der Waals surface area contributed by atoms with E-state index in [0.717, 1.165) is 0 Å². The van der Waals surface area contributed by atoms with E-state index >= 15 is 0 Å². The number of rotatable bonds is 3. The number of carbonyl (C=O) groups is 1. The average molecular weight is 178 g/mol. The third kappa shape index (κ3) is 4.81. The van der Waals surface area contributed by atoms with Gasteiger partial charge in [-0.3, -0.25) is 0 Å². The van der Waals surface area contributed by atoms with Crippen molar-refractivity contribution in [1.29, 1.82) is 0 Å². The number of carbonyl (C=O) groups excluding carboxylic acids is 1. The maximum absolute atomic E-state index is 10.8. The molecule has 11 heavy (non-hydrogen) atoms. The maximum Gasteiger partial charge on any atom is 0.349 e.